The van der Waals surface area contributed by atoms with Crippen LogP contribution in [-0.4, -0.2) is 72.8 Å². The number of thiophene rings is 1. The molecule has 1 aromatic rings. The summed E-state index contributed by atoms with van der Waals surface area (Å²) in [4.78, 5) is 34.0. The van der Waals surface area contributed by atoms with Gasteiger partial charge in [0, 0.05) is 50.1 Å². The Morgan fingerprint density at radius 3 is 2.48 bits per heavy atom. The lowest BCUT2D eigenvalue weighted by atomic mass is 9.87. The molecule has 3 heterocycles. The van der Waals surface area contributed by atoms with E-state index < -0.39 is 0 Å². The average molecular weight is 362 g/mol. The van der Waals surface area contributed by atoms with Crippen LogP contribution in [0.3, 0.4) is 0 Å². The van der Waals surface area contributed by atoms with E-state index in [1.165, 1.54) is 10.4 Å². The molecule has 25 heavy (non-hydrogen) atoms. The molecule has 0 N–H and O–H groups in total. The first kappa shape index (κ1) is 17.0. The number of piperazine rings is 1. The standard InChI is InChI=1S/C19H27N3O2S/c1-20-8-10-22(11-9-20)18(23)14-4-5-16-15(12-14)13-17(25-16)19(24)21-6-2-3-7-21/h13-14H,2-12H2,1H3/t14-/m1/s1. The lowest BCUT2D eigenvalue weighted by Crippen LogP contribution is -2.49. The summed E-state index contributed by atoms with van der Waals surface area (Å²) in [6, 6.07) is 2.07. The third kappa shape index (κ3) is 3.47. The van der Waals surface area contributed by atoms with Crippen molar-refractivity contribution in [3.63, 3.8) is 0 Å². The highest BCUT2D eigenvalue weighted by Crippen LogP contribution is 2.34. The quantitative estimate of drug-likeness (QED) is 0.808. The van der Waals surface area contributed by atoms with Gasteiger partial charge in [0.15, 0.2) is 0 Å². The molecule has 5 nitrogen and oxygen atoms in total. The molecule has 2 aliphatic heterocycles. The molecule has 0 saturated carbocycles. The zero-order valence-electron chi connectivity index (χ0n) is 15.0. The van der Waals surface area contributed by atoms with Gasteiger partial charge in [-0.2, -0.15) is 0 Å². The Bertz CT molecular complexity index is 658. The van der Waals surface area contributed by atoms with Crippen LogP contribution in [0, 0.1) is 5.92 Å². The molecular formula is C19H27N3O2S. The maximum atomic E-state index is 12.9. The van der Waals surface area contributed by atoms with Gasteiger partial charge in [-0.1, -0.05) is 0 Å². The summed E-state index contributed by atoms with van der Waals surface area (Å²) in [5.41, 5.74) is 1.24. The average Bonchev–Trinajstić information content (AvgIpc) is 3.30. The molecule has 0 aromatic carbocycles. The van der Waals surface area contributed by atoms with Gasteiger partial charge in [-0.3, -0.25) is 9.59 Å². The van der Waals surface area contributed by atoms with E-state index in [0.717, 1.165) is 76.2 Å². The molecule has 0 unspecified atom stereocenters. The van der Waals surface area contributed by atoms with Crippen molar-refractivity contribution in [2.24, 2.45) is 5.92 Å². The fourth-order valence-corrected chi connectivity index (χ4v) is 5.38. The highest BCUT2D eigenvalue weighted by atomic mass is 32.1. The monoisotopic (exact) mass is 361 g/mol. The maximum absolute atomic E-state index is 12.9. The van der Waals surface area contributed by atoms with Crippen LogP contribution in [0.1, 0.15) is 39.4 Å². The van der Waals surface area contributed by atoms with E-state index in [0.29, 0.717) is 5.91 Å². The molecule has 0 radical (unpaired) electrons. The van der Waals surface area contributed by atoms with Crippen LogP contribution in [0.5, 0.6) is 0 Å². The molecule has 1 atom stereocenters. The third-order valence-corrected chi connectivity index (χ3v) is 7.08. The van der Waals surface area contributed by atoms with Gasteiger partial charge in [0.05, 0.1) is 4.88 Å². The zero-order valence-corrected chi connectivity index (χ0v) is 15.8. The number of likely N-dealkylation sites (tertiary alicyclic amines) is 1. The molecule has 1 aliphatic carbocycles. The van der Waals surface area contributed by atoms with Crippen molar-refractivity contribution in [1.29, 1.82) is 0 Å². The predicted molar refractivity (Wildman–Crippen MR) is 99.0 cm³/mol. The number of carbonyl (C=O) groups is 2. The van der Waals surface area contributed by atoms with Crippen LogP contribution in [0.15, 0.2) is 6.07 Å². The fraction of sp³-hybridized carbons (Fsp3) is 0.684. The zero-order chi connectivity index (χ0) is 17.4. The van der Waals surface area contributed by atoms with Crippen LogP contribution in [0.25, 0.3) is 0 Å². The predicted octanol–water partition coefficient (Wildman–Crippen LogP) is 1.86. The normalized spacial score (nSPS) is 24.4. The summed E-state index contributed by atoms with van der Waals surface area (Å²) in [7, 11) is 2.11. The molecule has 2 amide bonds. The second-order valence-corrected chi connectivity index (χ2v) is 8.76. The first-order valence-electron chi connectivity index (χ1n) is 9.50. The van der Waals surface area contributed by atoms with Crippen molar-refractivity contribution < 1.29 is 9.59 Å². The Balaban J connectivity index is 1.42. The van der Waals surface area contributed by atoms with Gasteiger partial charge in [-0.15, -0.1) is 11.3 Å². The summed E-state index contributed by atoms with van der Waals surface area (Å²) < 4.78 is 0. The highest BCUT2D eigenvalue weighted by Gasteiger charge is 2.32. The molecule has 1 aromatic heterocycles. The van der Waals surface area contributed by atoms with Crippen molar-refractivity contribution in [1.82, 2.24) is 14.7 Å². The van der Waals surface area contributed by atoms with Crippen LogP contribution in [0.4, 0.5) is 0 Å². The van der Waals surface area contributed by atoms with Crippen LogP contribution >= 0.6 is 11.3 Å². The summed E-state index contributed by atoms with van der Waals surface area (Å²) >= 11 is 1.66. The number of hydrogen-bond acceptors (Lipinski definition) is 4. The highest BCUT2D eigenvalue weighted by molar-refractivity contribution is 7.14. The largest absolute Gasteiger partial charge is 0.340 e. The summed E-state index contributed by atoms with van der Waals surface area (Å²) in [5.74, 6) is 0.608. The van der Waals surface area contributed by atoms with E-state index >= 15 is 0 Å². The van der Waals surface area contributed by atoms with Gasteiger partial charge in [0.1, 0.15) is 0 Å². The van der Waals surface area contributed by atoms with Gasteiger partial charge in [0.25, 0.3) is 5.91 Å². The number of aryl methyl sites for hydroxylation is 1. The van der Waals surface area contributed by atoms with E-state index in [-0.39, 0.29) is 11.8 Å². The number of rotatable bonds is 2. The van der Waals surface area contributed by atoms with Gasteiger partial charge < -0.3 is 14.7 Å². The molecule has 2 saturated heterocycles. The minimum Gasteiger partial charge on any atom is -0.340 e. The van der Waals surface area contributed by atoms with E-state index in [2.05, 4.69) is 18.0 Å². The maximum Gasteiger partial charge on any atom is 0.263 e. The number of carbonyl (C=O) groups excluding carboxylic acids is 2. The molecular weight excluding hydrogens is 334 g/mol. The number of nitrogens with zero attached hydrogens (tertiary/aromatic N) is 3. The lowest BCUT2D eigenvalue weighted by Gasteiger charge is -2.35. The second-order valence-electron chi connectivity index (χ2n) is 7.63. The van der Waals surface area contributed by atoms with Gasteiger partial charge in [-0.25, -0.2) is 0 Å². The van der Waals surface area contributed by atoms with E-state index in [9.17, 15) is 9.59 Å². The Morgan fingerprint density at radius 1 is 1.04 bits per heavy atom. The molecule has 2 fully saturated rings. The fourth-order valence-electron chi connectivity index (χ4n) is 4.20. The topological polar surface area (TPSA) is 43.9 Å². The Labute approximate surface area is 153 Å². The second kappa shape index (κ2) is 7.08. The summed E-state index contributed by atoms with van der Waals surface area (Å²) in [6.07, 6.45) is 4.93. The van der Waals surface area contributed by atoms with Gasteiger partial charge >= 0.3 is 0 Å². The smallest absolute Gasteiger partial charge is 0.263 e. The van der Waals surface area contributed by atoms with E-state index in [4.69, 9.17) is 0 Å². The van der Waals surface area contributed by atoms with E-state index in [1.54, 1.807) is 11.3 Å². The SMILES string of the molecule is CN1CCN(C(=O)[C@@H]2CCc3sc(C(=O)N4CCCC4)cc3C2)CC1. The van der Waals surface area contributed by atoms with Crippen LogP contribution in [-0.2, 0) is 17.6 Å². The van der Waals surface area contributed by atoms with Crippen LogP contribution in [0.2, 0.25) is 0 Å². The van der Waals surface area contributed by atoms with Crippen molar-refractivity contribution >= 4 is 23.2 Å². The number of amides is 2. The van der Waals surface area contributed by atoms with Crippen LogP contribution < -0.4 is 0 Å². The molecule has 6 heteroatoms. The Kier molecular flexibility index (Phi) is 4.82. The van der Waals surface area contributed by atoms with Gasteiger partial charge in [0.2, 0.25) is 5.91 Å². The minimum atomic E-state index is 0.0974. The number of hydrogen-bond donors (Lipinski definition) is 0. The summed E-state index contributed by atoms with van der Waals surface area (Å²) in [5, 5.41) is 0. The Morgan fingerprint density at radius 2 is 1.76 bits per heavy atom. The van der Waals surface area contributed by atoms with Crippen molar-refractivity contribution in [2.45, 2.75) is 32.1 Å². The third-order valence-electron chi connectivity index (χ3n) is 5.85. The first-order valence-corrected chi connectivity index (χ1v) is 10.3. The molecule has 3 aliphatic rings. The Hall–Kier alpha value is -1.40. The number of likely N-dealkylation sites (N-methyl/N-ethyl adjacent to an activating group) is 1. The van der Waals surface area contributed by atoms with E-state index in [1.807, 2.05) is 9.80 Å². The van der Waals surface area contributed by atoms with Crippen molar-refractivity contribution in [3.05, 3.63) is 21.4 Å². The van der Waals surface area contributed by atoms with Crippen molar-refractivity contribution in [3.8, 4) is 0 Å². The van der Waals surface area contributed by atoms with Crippen molar-refractivity contribution in [2.75, 3.05) is 46.3 Å². The minimum absolute atomic E-state index is 0.0974. The summed E-state index contributed by atoms with van der Waals surface area (Å²) in [6.45, 7) is 5.42. The molecule has 4 rings (SSSR count). The molecule has 0 bridgehead atoms. The van der Waals surface area contributed by atoms with Gasteiger partial charge in [-0.05, 0) is 50.8 Å². The molecule has 0 spiro atoms. The lowest BCUT2D eigenvalue weighted by molar-refractivity contribution is -0.137. The molecule has 136 valence electrons. The first-order chi connectivity index (χ1) is 12.1. The number of fused-ring (bicyclic) bond motifs is 1.